The summed E-state index contributed by atoms with van der Waals surface area (Å²) >= 11 is 0. The van der Waals surface area contributed by atoms with E-state index < -0.39 is 0 Å². The van der Waals surface area contributed by atoms with Gasteiger partial charge in [0.2, 0.25) is 5.91 Å². The minimum atomic E-state index is -0.0520. The number of piperazine rings is 1. The van der Waals surface area contributed by atoms with Gasteiger partial charge in [-0.3, -0.25) is 19.1 Å². The molecule has 3 aromatic rings. The lowest BCUT2D eigenvalue weighted by Gasteiger charge is -2.26. The van der Waals surface area contributed by atoms with Gasteiger partial charge in [0, 0.05) is 38.4 Å². The van der Waals surface area contributed by atoms with Crippen LogP contribution in [0.3, 0.4) is 0 Å². The molecular weight excluding hydrogens is 390 g/mol. The van der Waals surface area contributed by atoms with Crippen molar-refractivity contribution in [2.75, 3.05) is 38.0 Å². The number of amides is 1. The van der Waals surface area contributed by atoms with Crippen molar-refractivity contribution in [3.8, 4) is 0 Å². The summed E-state index contributed by atoms with van der Waals surface area (Å²) in [4.78, 5) is 32.4. The first-order valence-electron chi connectivity index (χ1n) is 10.7. The maximum Gasteiger partial charge on any atom is 0.261 e. The average molecular weight is 415 g/mol. The Bertz CT molecular complexity index is 1210. The molecule has 2 N–H and O–H groups in total. The zero-order valence-electron chi connectivity index (χ0n) is 17.3. The Morgan fingerprint density at radius 2 is 1.90 bits per heavy atom. The first-order valence-corrected chi connectivity index (χ1v) is 10.7. The lowest BCUT2D eigenvalue weighted by Crippen LogP contribution is -2.46. The van der Waals surface area contributed by atoms with E-state index in [0.717, 1.165) is 43.7 Å². The first kappa shape index (κ1) is 19.7. The fourth-order valence-corrected chi connectivity index (χ4v) is 4.26. The highest BCUT2D eigenvalue weighted by molar-refractivity contribution is 5.95. The van der Waals surface area contributed by atoms with E-state index >= 15 is 0 Å². The van der Waals surface area contributed by atoms with Crippen LogP contribution < -0.4 is 16.2 Å². The predicted molar refractivity (Wildman–Crippen MR) is 123 cm³/mol. The van der Waals surface area contributed by atoms with Crippen LogP contribution in [0.25, 0.3) is 22.6 Å². The summed E-state index contributed by atoms with van der Waals surface area (Å²) in [5.41, 5.74) is 3.39. The number of carbonyl (C=O) groups excluding carboxylic acids is 1. The Labute approximate surface area is 180 Å². The van der Waals surface area contributed by atoms with Crippen LogP contribution in [-0.4, -0.2) is 53.1 Å². The number of hydrogen-bond acceptors (Lipinski definition) is 5. The molecule has 7 nitrogen and oxygen atoms in total. The van der Waals surface area contributed by atoms with Crippen LogP contribution in [0.5, 0.6) is 0 Å². The fraction of sp³-hybridized carbons (Fsp3) is 0.292. The molecule has 1 saturated heterocycles. The molecule has 1 fully saturated rings. The summed E-state index contributed by atoms with van der Waals surface area (Å²) in [6, 6.07) is 15.4. The van der Waals surface area contributed by atoms with Crippen LogP contribution >= 0.6 is 0 Å². The number of rotatable bonds is 4. The van der Waals surface area contributed by atoms with E-state index in [2.05, 4.69) is 21.6 Å². The van der Waals surface area contributed by atoms with Gasteiger partial charge in [-0.05, 0) is 41.8 Å². The quantitative estimate of drug-likeness (QED) is 0.683. The van der Waals surface area contributed by atoms with Gasteiger partial charge in [-0.1, -0.05) is 30.3 Å². The Hall–Kier alpha value is -3.29. The van der Waals surface area contributed by atoms with Crippen molar-refractivity contribution in [2.45, 2.75) is 13.0 Å². The van der Waals surface area contributed by atoms with Crippen LogP contribution in [0.1, 0.15) is 17.8 Å². The molecule has 31 heavy (non-hydrogen) atoms. The van der Waals surface area contributed by atoms with Crippen molar-refractivity contribution in [1.29, 1.82) is 0 Å². The molecule has 0 bridgehead atoms. The van der Waals surface area contributed by atoms with Gasteiger partial charge >= 0.3 is 0 Å². The minimum absolute atomic E-state index is 0.0323. The van der Waals surface area contributed by atoms with Crippen molar-refractivity contribution < 1.29 is 4.79 Å². The Morgan fingerprint density at radius 1 is 1.10 bits per heavy atom. The summed E-state index contributed by atoms with van der Waals surface area (Å²) in [5, 5.41) is 6.81. The summed E-state index contributed by atoms with van der Waals surface area (Å²) in [5.74, 6) is 0.662. The summed E-state index contributed by atoms with van der Waals surface area (Å²) in [7, 11) is 0. The first-order chi connectivity index (χ1) is 15.2. The van der Waals surface area contributed by atoms with E-state index in [1.165, 1.54) is 0 Å². The smallest absolute Gasteiger partial charge is 0.261 e. The largest absolute Gasteiger partial charge is 0.325 e. The van der Waals surface area contributed by atoms with Crippen molar-refractivity contribution in [3.05, 3.63) is 70.3 Å². The molecule has 0 atom stereocenters. The van der Waals surface area contributed by atoms with Crippen LogP contribution in [0, 0.1) is 0 Å². The molecule has 0 saturated carbocycles. The lowest BCUT2D eigenvalue weighted by molar-refractivity contribution is -0.117. The maximum absolute atomic E-state index is 13.0. The van der Waals surface area contributed by atoms with Gasteiger partial charge in [-0.15, -0.1) is 0 Å². The van der Waals surface area contributed by atoms with E-state index in [1.807, 2.05) is 30.3 Å². The number of allylic oxidation sites excluding steroid dienone is 1. The third-order valence-electron chi connectivity index (χ3n) is 5.85. The van der Waals surface area contributed by atoms with Crippen molar-refractivity contribution in [2.24, 2.45) is 0 Å². The minimum Gasteiger partial charge on any atom is -0.325 e. The molecule has 1 amide bonds. The molecule has 7 heteroatoms. The molecule has 1 aromatic heterocycles. The third-order valence-corrected chi connectivity index (χ3v) is 5.85. The second kappa shape index (κ2) is 8.45. The van der Waals surface area contributed by atoms with Crippen molar-refractivity contribution in [3.63, 3.8) is 0 Å². The predicted octanol–water partition coefficient (Wildman–Crippen LogP) is 2.18. The highest BCUT2D eigenvalue weighted by Gasteiger charge is 2.21. The third kappa shape index (κ3) is 4.15. The second-order valence-corrected chi connectivity index (χ2v) is 8.03. The van der Waals surface area contributed by atoms with Gasteiger partial charge in [0.1, 0.15) is 5.82 Å². The number of carbonyl (C=O) groups is 1. The Kier molecular flexibility index (Phi) is 5.36. The average Bonchev–Trinajstić information content (AvgIpc) is 3.18. The van der Waals surface area contributed by atoms with E-state index in [4.69, 9.17) is 4.98 Å². The number of nitrogens with zero attached hydrogens (tertiary/aromatic N) is 3. The monoisotopic (exact) mass is 415 g/mol. The Balaban J connectivity index is 1.42. The van der Waals surface area contributed by atoms with Crippen molar-refractivity contribution in [1.82, 2.24) is 19.8 Å². The van der Waals surface area contributed by atoms with E-state index in [0.29, 0.717) is 35.5 Å². The summed E-state index contributed by atoms with van der Waals surface area (Å²) < 4.78 is 1.75. The van der Waals surface area contributed by atoms with Gasteiger partial charge in [-0.2, -0.15) is 0 Å². The van der Waals surface area contributed by atoms with Gasteiger partial charge in [0.05, 0.1) is 17.4 Å². The highest BCUT2D eigenvalue weighted by atomic mass is 16.2. The molecule has 3 heterocycles. The van der Waals surface area contributed by atoms with Gasteiger partial charge in [0.15, 0.2) is 0 Å². The number of nitrogens with one attached hydrogen (secondary N) is 2. The lowest BCUT2D eigenvalue weighted by atomic mass is 10.1. The molecule has 0 spiro atoms. The number of fused-ring (bicyclic) bond motifs is 2. The molecule has 0 radical (unpaired) electrons. The van der Waals surface area contributed by atoms with Crippen LogP contribution in [0.15, 0.2) is 53.3 Å². The summed E-state index contributed by atoms with van der Waals surface area (Å²) in [6.45, 7) is 4.54. The fourth-order valence-electron chi connectivity index (χ4n) is 4.26. The molecule has 2 aromatic carbocycles. The van der Waals surface area contributed by atoms with Crippen molar-refractivity contribution >= 4 is 34.1 Å². The molecule has 5 rings (SSSR count). The number of hydrogen-bond donors (Lipinski definition) is 2. The topological polar surface area (TPSA) is 79.3 Å². The van der Waals surface area contributed by atoms with Crippen LogP contribution in [0.2, 0.25) is 0 Å². The van der Waals surface area contributed by atoms with E-state index in [9.17, 15) is 9.59 Å². The van der Waals surface area contributed by atoms with Gasteiger partial charge < -0.3 is 10.6 Å². The van der Waals surface area contributed by atoms with Gasteiger partial charge in [0.25, 0.3) is 5.56 Å². The van der Waals surface area contributed by atoms with Gasteiger partial charge in [-0.25, -0.2) is 4.98 Å². The zero-order valence-corrected chi connectivity index (χ0v) is 17.3. The maximum atomic E-state index is 13.0. The molecule has 158 valence electrons. The summed E-state index contributed by atoms with van der Waals surface area (Å²) in [6.07, 6.45) is 2.87. The molecule has 0 aliphatic carbocycles. The molecular formula is C24H25N5O2. The molecule has 2 aliphatic heterocycles. The van der Waals surface area contributed by atoms with E-state index in [1.54, 1.807) is 22.8 Å². The number of anilines is 1. The van der Waals surface area contributed by atoms with E-state index in [-0.39, 0.29) is 11.5 Å². The Morgan fingerprint density at radius 3 is 2.71 bits per heavy atom. The highest BCUT2D eigenvalue weighted by Crippen LogP contribution is 2.28. The number of benzene rings is 2. The molecule has 2 aliphatic rings. The van der Waals surface area contributed by atoms with Crippen LogP contribution in [-0.2, 0) is 11.3 Å². The second-order valence-electron chi connectivity index (χ2n) is 8.03. The normalized spacial score (nSPS) is 17.7. The SMILES string of the molecule is O=C(CN1CCNCC1)Nc1ccc2c(=O)n3c(nc2c1)C(=Cc1ccccc1)CC3. The zero-order chi connectivity index (χ0) is 21.2. The number of aromatic nitrogens is 2. The standard InChI is InChI=1S/C24H25N5O2/c30-22(16-28-12-9-25-10-13-28)26-19-6-7-20-21(15-19)27-23-18(8-11-29(23)24(20)31)14-17-4-2-1-3-5-17/h1-7,14-15,25H,8-13,16H2,(H,26,30). The molecule has 0 unspecified atom stereocenters. The van der Waals surface area contributed by atoms with Crippen LogP contribution in [0.4, 0.5) is 5.69 Å².